The van der Waals surface area contributed by atoms with Crippen molar-refractivity contribution in [2.75, 3.05) is 19.7 Å². The normalized spacial score (nSPS) is 23.3. The molecule has 2 aromatic heterocycles. The van der Waals surface area contributed by atoms with Gasteiger partial charge in [0, 0.05) is 50.6 Å². The smallest absolute Gasteiger partial charge is 0.0959 e. The van der Waals surface area contributed by atoms with E-state index in [0.29, 0.717) is 6.61 Å². The van der Waals surface area contributed by atoms with E-state index in [1.54, 1.807) is 6.26 Å². The van der Waals surface area contributed by atoms with E-state index < -0.39 is 0 Å². The monoisotopic (exact) mass is 328 g/mol. The molecule has 1 spiro atoms. The van der Waals surface area contributed by atoms with Gasteiger partial charge in [0.15, 0.2) is 0 Å². The fourth-order valence-corrected chi connectivity index (χ4v) is 3.78. The minimum atomic E-state index is -0.0164. The average molecular weight is 328 g/mol. The van der Waals surface area contributed by atoms with E-state index in [1.165, 1.54) is 11.1 Å². The van der Waals surface area contributed by atoms with Crippen molar-refractivity contribution in [1.29, 1.82) is 0 Å². The fraction of sp³-hybridized carbons (Fsp3) is 0.526. The lowest BCUT2D eigenvalue weighted by atomic mass is 9.84. The highest BCUT2D eigenvalue weighted by atomic mass is 16.5. The maximum Gasteiger partial charge on any atom is 0.0959 e. The molecule has 24 heavy (non-hydrogen) atoms. The molecule has 0 radical (unpaired) electrons. The van der Waals surface area contributed by atoms with Gasteiger partial charge < -0.3 is 13.9 Å². The Labute approximate surface area is 142 Å². The van der Waals surface area contributed by atoms with Gasteiger partial charge in [-0.15, -0.1) is 0 Å². The Balaban J connectivity index is 1.27. The van der Waals surface area contributed by atoms with E-state index in [1.807, 2.05) is 24.7 Å². The molecule has 0 N–H and O–H groups in total. The molecular formula is C19H24N2O3. The quantitative estimate of drug-likeness (QED) is 0.844. The summed E-state index contributed by atoms with van der Waals surface area (Å²) in [6.07, 6.45) is 9.53. The van der Waals surface area contributed by atoms with Crippen LogP contribution in [0.25, 0.3) is 0 Å². The van der Waals surface area contributed by atoms with E-state index in [-0.39, 0.29) is 11.7 Å². The maximum atomic E-state index is 6.14. The van der Waals surface area contributed by atoms with Crippen LogP contribution < -0.4 is 0 Å². The minimum absolute atomic E-state index is 0.0164. The van der Waals surface area contributed by atoms with E-state index in [0.717, 1.165) is 44.6 Å². The van der Waals surface area contributed by atoms with Crippen molar-refractivity contribution < 1.29 is 13.9 Å². The molecule has 2 fully saturated rings. The molecule has 0 aromatic carbocycles. The van der Waals surface area contributed by atoms with Gasteiger partial charge in [-0.3, -0.25) is 9.88 Å². The second-order valence-corrected chi connectivity index (χ2v) is 7.10. The summed E-state index contributed by atoms with van der Waals surface area (Å²) in [5.74, 6) is 0. The molecule has 0 bridgehead atoms. The number of nitrogens with zero attached hydrogens (tertiary/aromatic N) is 2. The van der Waals surface area contributed by atoms with Crippen LogP contribution in [0.3, 0.4) is 0 Å². The predicted molar refractivity (Wildman–Crippen MR) is 89.5 cm³/mol. The average Bonchev–Trinajstić information content (AvgIpc) is 3.05. The van der Waals surface area contributed by atoms with Crippen LogP contribution in [0.4, 0.5) is 0 Å². The van der Waals surface area contributed by atoms with Crippen molar-refractivity contribution in [1.82, 2.24) is 9.88 Å². The van der Waals surface area contributed by atoms with E-state index in [2.05, 4.69) is 22.9 Å². The zero-order valence-corrected chi connectivity index (χ0v) is 14.1. The van der Waals surface area contributed by atoms with E-state index in [9.17, 15) is 0 Å². The third-order valence-electron chi connectivity index (χ3n) is 4.87. The Morgan fingerprint density at radius 1 is 1.33 bits per heavy atom. The number of hydrogen-bond donors (Lipinski definition) is 0. The van der Waals surface area contributed by atoms with Crippen LogP contribution >= 0.6 is 0 Å². The van der Waals surface area contributed by atoms with Gasteiger partial charge in [-0.1, -0.05) is 6.07 Å². The van der Waals surface area contributed by atoms with Gasteiger partial charge in [0.25, 0.3) is 0 Å². The van der Waals surface area contributed by atoms with Gasteiger partial charge in [-0.05, 0) is 30.5 Å². The molecule has 0 aliphatic carbocycles. The van der Waals surface area contributed by atoms with Gasteiger partial charge in [0.05, 0.1) is 30.8 Å². The zero-order chi connectivity index (χ0) is 16.4. The number of aryl methyl sites for hydroxylation is 1. The highest BCUT2D eigenvalue weighted by molar-refractivity contribution is 5.15. The number of aromatic nitrogens is 1. The molecule has 2 saturated heterocycles. The number of likely N-dealkylation sites (tertiary alicyclic amines) is 1. The molecule has 2 aliphatic heterocycles. The van der Waals surface area contributed by atoms with Gasteiger partial charge >= 0.3 is 0 Å². The van der Waals surface area contributed by atoms with Gasteiger partial charge in [0.1, 0.15) is 0 Å². The van der Waals surface area contributed by atoms with Crippen LogP contribution in [0.15, 0.2) is 41.5 Å². The van der Waals surface area contributed by atoms with Crippen molar-refractivity contribution >= 4 is 0 Å². The second kappa shape index (κ2) is 6.67. The molecule has 2 aliphatic rings. The molecule has 1 unspecified atom stereocenters. The molecule has 0 amide bonds. The van der Waals surface area contributed by atoms with Crippen LogP contribution in [0.1, 0.15) is 29.5 Å². The first-order chi connectivity index (χ1) is 11.7. The molecule has 4 rings (SSSR count). The molecule has 5 heteroatoms. The third kappa shape index (κ3) is 3.53. The first kappa shape index (κ1) is 15.8. The lowest BCUT2D eigenvalue weighted by Crippen LogP contribution is -2.65. The molecule has 1 atom stereocenters. The largest absolute Gasteiger partial charge is 0.472 e. The first-order valence-electron chi connectivity index (χ1n) is 8.60. The standard InChI is InChI=1S/C19H24N2O3/c1-15-6-17(9-20-8-15)12-23-18-3-5-24-19(7-18)13-21(14-19)10-16-2-4-22-11-16/h2,4,6,8-9,11,18H,3,5,7,10,12-14H2,1H3. The van der Waals surface area contributed by atoms with Crippen molar-refractivity contribution in [3.63, 3.8) is 0 Å². The summed E-state index contributed by atoms with van der Waals surface area (Å²) in [6.45, 7) is 6.36. The van der Waals surface area contributed by atoms with Gasteiger partial charge in [-0.25, -0.2) is 0 Å². The van der Waals surface area contributed by atoms with Crippen LogP contribution in [-0.4, -0.2) is 41.3 Å². The zero-order valence-electron chi connectivity index (χ0n) is 14.1. The molecule has 5 nitrogen and oxygen atoms in total. The SMILES string of the molecule is Cc1cncc(COC2CCOC3(C2)CN(Cc2ccoc2)C3)c1. The van der Waals surface area contributed by atoms with Crippen LogP contribution in [0.2, 0.25) is 0 Å². The summed E-state index contributed by atoms with van der Waals surface area (Å²) < 4.78 is 17.4. The Hall–Kier alpha value is -1.69. The van der Waals surface area contributed by atoms with Crippen LogP contribution in [0, 0.1) is 6.92 Å². The molecule has 128 valence electrons. The van der Waals surface area contributed by atoms with Crippen LogP contribution in [-0.2, 0) is 22.6 Å². The number of hydrogen-bond acceptors (Lipinski definition) is 5. The third-order valence-corrected chi connectivity index (χ3v) is 4.87. The summed E-state index contributed by atoms with van der Waals surface area (Å²) in [7, 11) is 0. The number of ether oxygens (including phenoxy) is 2. The summed E-state index contributed by atoms with van der Waals surface area (Å²) >= 11 is 0. The lowest BCUT2D eigenvalue weighted by Gasteiger charge is -2.53. The van der Waals surface area contributed by atoms with E-state index >= 15 is 0 Å². The number of rotatable bonds is 5. The topological polar surface area (TPSA) is 47.7 Å². The second-order valence-electron chi connectivity index (χ2n) is 7.10. The lowest BCUT2D eigenvalue weighted by molar-refractivity contribution is -0.200. The van der Waals surface area contributed by atoms with Gasteiger partial charge in [-0.2, -0.15) is 0 Å². The molecule has 0 saturated carbocycles. The molecule has 4 heterocycles. The Bertz CT molecular complexity index is 665. The van der Waals surface area contributed by atoms with Crippen molar-refractivity contribution in [3.8, 4) is 0 Å². The Kier molecular flexibility index (Phi) is 4.39. The first-order valence-corrected chi connectivity index (χ1v) is 8.60. The maximum absolute atomic E-state index is 6.14. The van der Waals surface area contributed by atoms with Gasteiger partial charge in [0.2, 0.25) is 0 Å². The van der Waals surface area contributed by atoms with Crippen molar-refractivity contribution in [3.05, 3.63) is 53.7 Å². The highest BCUT2D eigenvalue weighted by Crippen LogP contribution is 2.36. The predicted octanol–water partition coefficient (Wildman–Crippen LogP) is 2.93. The summed E-state index contributed by atoms with van der Waals surface area (Å²) in [5, 5.41) is 0. The Morgan fingerprint density at radius 3 is 3.04 bits per heavy atom. The summed E-state index contributed by atoms with van der Waals surface area (Å²) in [6, 6.07) is 4.16. The minimum Gasteiger partial charge on any atom is -0.472 e. The molecular weight excluding hydrogens is 304 g/mol. The molecule has 2 aromatic rings. The number of pyridine rings is 1. The summed E-state index contributed by atoms with van der Waals surface area (Å²) in [5.41, 5.74) is 3.52. The summed E-state index contributed by atoms with van der Waals surface area (Å²) in [4.78, 5) is 6.63. The van der Waals surface area contributed by atoms with Crippen molar-refractivity contribution in [2.24, 2.45) is 0 Å². The Morgan fingerprint density at radius 2 is 2.25 bits per heavy atom. The number of furan rings is 1. The van der Waals surface area contributed by atoms with Crippen LogP contribution in [0.5, 0.6) is 0 Å². The highest BCUT2D eigenvalue weighted by Gasteiger charge is 2.47. The van der Waals surface area contributed by atoms with E-state index in [4.69, 9.17) is 13.9 Å². The van der Waals surface area contributed by atoms with Crippen molar-refractivity contribution in [2.45, 2.75) is 44.6 Å². The fourth-order valence-electron chi connectivity index (χ4n) is 3.78.